The number of anilines is 1. The second-order valence-corrected chi connectivity index (χ2v) is 9.27. The molecule has 33 heavy (non-hydrogen) atoms. The van der Waals surface area contributed by atoms with Crippen LogP contribution in [0.3, 0.4) is 0 Å². The molecule has 2 N–H and O–H groups in total. The first-order valence-corrected chi connectivity index (χ1v) is 11.9. The van der Waals surface area contributed by atoms with Gasteiger partial charge in [0.1, 0.15) is 11.3 Å². The van der Waals surface area contributed by atoms with Gasteiger partial charge in [-0.05, 0) is 61.9 Å². The van der Waals surface area contributed by atoms with Crippen molar-refractivity contribution in [3.63, 3.8) is 0 Å². The number of nitrogens with zero attached hydrogens (tertiary/aromatic N) is 3. The minimum atomic E-state index is -0.403. The summed E-state index contributed by atoms with van der Waals surface area (Å²) in [6.45, 7) is 3.88. The molecule has 9 heteroatoms. The van der Waals surface area contributed by atoms with Crippen molar-refractivity contribution in [2.45, 2.75) is 32.2 Å². The van der Waals surface area contributed by atoms with Crippen LogP contribution in [0.4, 0.5) is 10.2 Å². The maximum absolute atomic E-state index is 15.0. The van der Waals surface area contributed by atoms with Gasteiger partial charge in [0, 0.05) is 38.1 Å². The van der Waals surface area contributed by atoms with Gasteiger partial charge in [-0.25, -0.2) is 14.4 Å². The number of amides is 1. The summed E-state index contributed by atoms with van der Waals surface area (Å²) in [5.41, 5.74) is 2.30. The van der Waals surface area contributed by atoms with E-state index in [9.17, 15) is 9.18 Å². The van der Waals surface area contributed by atoms with Crippen molar-refractivity contribution in [3.05, 3.63) is 41.6 Å². The molecule has 0 radical (unpaired) electrons. The standard InChI is InChI=1S/C24H27ClFN5O2/c25-19-12-28-22(30-24(32)16-2-1-5-27-11-16)10-18(19)17-8-20(26)23-21(9-17)31(14-29-23)13-15-3-6-33-7-4-15/h8-10,12,14-16,27H,1-7,11,13H2,(H,28,30,32)/t16-/m1/s1. The average molecular weight is 472 g/mol. The van der Waals surface area contributed by atoms with Crippen LogP contribution in [0.25, 0.3) is 22.2 Å². The molecule has 0 aliphatic carbocycles. The average Bonchev–Trinajstić information content (AvgIpc) is 3.24. The number of pyridine rings is 1. The van der Waals surface area contributed by atoms with Crippen LogP contribution in [0.15, 0.2) is 30.7 Å². The fourth-order valence-electron chi connectivity index (χ4n) is 4.66. The summed E-state index contributed by atoms with van der Waals surface area (Å²) in [5, 5.41) is 6.52. The van der Waals surface area contributed by atoms with E-state index in [0.717, 1.165) is 57.5 Å². The van der Waals surface area contributed by atoms with Gasteiger partial charge in [-0.3, -0.25) is 4.79 Å². The molecular weight excluding hydrogens is 445 g/mol. The van der Waals surface area contributed by atoms with E-state index < -0.39 is 5.82 Å². The molecule has 2 aromatic heterocycles. The molecule has 0 saturated carbocycles. The molecule has 5 rings (SSSR count). The molecule has 2 aliphatic heterocycles. The molecule has 7 nitrogen and oxygen atoms in total. The van der Waals surface area contributed by atoms with Crippen molar-refractivity contribution in [2.24, 2.45) is 11.8 Å². The summed E-state index contributed by atoms with van der Waals surface area (Å²) in [6.07, 6.45) is 6.98. The highest BCUT2D eigenvalue weighted by molar-refractivity contribution is 6.33. The predicted octanol–water partition coefficient (Wildman–Crippen LogP) is 4.26. The Kier molecular flexibility index (Phi) is 6.57. The third-order valence-electron chi connectivity index (χ3n) is 6.56. The van der Waals surface area contributed by atoms with Crippen LogP contribution in [0.5, 0.6) is 0 Å². The van der Waals surface area contributed by atoms with E-state index in [1.165, 1.54) is 12.3 Å². The van der Waals surface area contributed by atoms with Crippen molar-refractivity contribution in [2.75, 3.05) is 31.6 Å². The third kappa shape index (κ3) is 4.88. The Bertz CT molecular complexity index is 1160. The maximum Gasteiger partial charge on any atom is 0.229 e. The molecular formula is C24H27ClFN5O2. The minimum absolute atomic E-state index is 0.0702. The first-order chi connectivity index (χ1) is 16.1. The monoisotopic (exact) mass is 471 g/mol. The van der Waals surface area contributed by atoms with Crippen molar-refractivity contribution < 1.29 is 13.9 Å². The van der Waals surface area contributed by atoms with Gasteiger partial charge in [-0.2, -0.15) is 0 Å². The summed E-state index contributed by atoms with van der Waals surface area (Å²) in [5.74, 6) is 0.316. The Labute approximate surface area is 196 Å². The number of hydrogen-bond donors (Lipinski definition) is 2. The van der Waals surface area contributed by atoms with E-state index in [0.29, 0.717) is 39.9 Å². The highest BCUT2D eigenvalue weighted by atomic mass is 35.5. The van der Waals surface area contributed by atoms with Crippen molar-refractivity contribution in [1.29, 1.82) is 0 Å². The molecule has 174 valence electrons. The van der Waals surface area contributed by atoms with E-state index in [1.807, 2.05) is 10.6 Å². The molecule has 4 heterocycles. The fourth-order valence-corrected chi connectivity index (χ4v) is 4.87. The number of rotatable bonds is 5. The van der Waals surface area contributed by atoms with Gasteiger partial charge in [-0.1, -0.05) is 11.6 Å². The van der Waals surface area contributed by atoms with E-state index in [4.69, 9.17) is 16.3 Å². The van der Waals surface area contributed by atoms with Crippen molar-refractivity contribution in [3.8, 4) is 11.1 Å². The number of carbonyl (C=O) groups excluding carboxylic acids is 1. The summed E-state index contributed by atoms with van der Waals surface area (Å²) in [4.78, 5) is 21.2. The third-order valence-corrected chi connectivity index (χ3v) is 6.86. The number of halogens is 2. The molecule has 0 unspecified atom stereocenters. The smallest absolute Gasteiger partial charge is 0.229 e. The highest BCUT2D eigenvalue weighted by Crippen LogP contribution is 2.33. The van der Waals surface area contributed by atoms with E-state index in [2.05, 4.69) is 20.6 Å². The Morgan fingerprint density at radius 1 is 1.24 bits per heavy atom. The zero-order valence-corrected chi connectivity index (χ0v) is 19.1. The van der Waals surface area contributed by atoms with Gasteiger partial charge >= 0.3 is 0 Å². The summed E-state index contributed by atoms with van der Waals surface area (Å²) in [6, 6.07) is 5.05. The predicted molar refractivity (Wildman–Crippen MR) is 126 cm³/mol. The summed E-state index contributed by atoms with van der Waals surface area (Å²) < 4.78 is 22.4. The number of piperidine rings is 1. The van der Waals surface area contributed by atoms with Gasteiger partial charge in [0.05, 0.1) is 22.8 Å². The van der Waals surface area contributed by atoms with Crippen LogP contribution in [-0.4, -0.2) is 46.7 Å². The molecule has 0 bridgehead atoms. The lowest BCUT2D eigenvalue weighted by atomic mass is 9.99. The van der Waals surface area contributed by atoms with Gasteiger partial charge in [0.2, 0.25) is 5.91 Å². The molecule has 2 fully saturated rings. The largest absolute Gasteiger partial charge is 0.381 e. The van der Waals surface area contributed by atoms with Gasteiger partial charge in [0.25, 0.3) is 0 Å². The molecule has 1 atom stereocenters. The van der Waals surface area contributed by atoms with Gasteiger partial charge < -0.3 is 19.9 Å². The van der Waals surface area contributed by atoms with Gasteiger partial charge in [-0.15, -0.1) is 0 Å². The number of imidazole rings is 1. The number of aromatic nitrogens is 3. The second kappa shape index (κ2) is 9.75. The number of hydrogen-bond acceptors (Lipinski definition) is 5. The Hall–Kier alpha value is -2.55. The van der Waals surface area contributed by atoms with Crippen LogP contribution in [0.2, 0.25) is 5.02 Å². The molecule has 0 spiro atoms. The number of ether oxygens (including phenoxy) is 1. The minimum Gasteiger partial charge on any atom is -0.381 e. The summed E-state index contributed by atoms with van der Waals surface area (Å²) in [7, 11) is 0. The Balaban J connectivity index is 1.43. The van der Waals surface area contributed by atoms with Crippen LogP contribution in [-0.2, 0) is 16.1 Å². The quantitative estimate of drug-likeness (QED) is 0.581. The molecule has 1 aromatic carbocycles. The fraction of sp³-hybridized carbons (Fsp3) is 0.458. The highest BCUT2D eigenvalue weighted by Gasteiger charge is 2.22. The topological polar surface area (TPSA) is 81.1 Å². The Morgan fingerprint density at radius 2 is 2.09 bits per heavy atom. The van der Waals surface area contributed by atoms with Crippen LogP contribution in [0, 0.1) is 17.7 Å². The molecule has 2 saturated heterocycles. The van der Waals surface area contributed by atoms with Crippen LogP contribution in [0.1, 0.15) is 25.7 Å². The van der Waals surface area contributed by atoms with Crippen molar-refractivity contribution in [1.82, 2.24) is 19.9 Å². The van der Waals surface area contributed by atoms with Crippen LogP contribution < -0.4 is 10.6 Å². The lowest BCUT2D eigenvalue weighted by molar-refractivity contribution is -0.120. The maximum atomic E-state index is 15.0. The van der Waals surface area contributed by atoms with E-state index >= 15 is 0 Å². The van der Waals surface area contributed by atoms with E-state index in [-0.39, 0.29) is 11.8 Å². The van der Waals surface area contributed by atoms with E-state index in [1.54, 1.807) is 12.4 Å². The summed E-state index contributed by atoms with van der Waals surface area (Å²) >= 11 is 6.44. The number of carbonyl (C=O) groups is 1. The number of nitrogens with one attached hydrogen (secondary N) is 2. The molecule has 2 aliphatic rings. The number of fused-ring (bicyclic) bond motifs is 1. The first kappa shape index (κ1) is 22.3. The van der Waals surface area contributed by atoms with Crippen LogP contribution >= 0.6 is 11.6 Å². The zero-order valence-electron chi connectivity index (χ0n) is 18.3. The Morgan fingerprint density at radius 3 is 2.88 bits per heavy atom. The number of benzene rings is 1. The molecule has 1 amide bonds. The zero-order chi connectivity index (χ0) is 22.8. The van der Waals surface area contributed by atoms with Crippen molar-refractivity contribution >= 4 is 34.4 Å². The lowest BCUT2D eigenvalue weighted by Gasteiger charge is -2.22. The van der Waals surface area contributed by atoms with Gasteiger partial charge in [0.15, 0.2) is 5.82 Å². The SMILES string of the molecule is O=C(Nc1cc(-c2cc(F)c3ncn(CC4CCOCC4)c3c2)c(Cl)cn1)[C@@H]1CCCNC1. The normalized spacial score (nSPS) is 19.6. The molecule has 3 aromatic rings. The lowest BCUT2D eigenvalue weighted by Crippen LogP contribution is -2.37. The second-order valence-electron chi connectivity index (χ2n) is 8.86. The first-order valence-electron chi connectivity index (χ1n) is 11.5.